The van der Waals surface area contributed by atoms with Gasteiger partial charge in [-0.25, -0.2) is 4.98 Å². The fraction of sp³-hybridized carbons (Fsp3) is 0.111. The van der Waals surface area contributed by atoms with Gasteiger partial charge in [-0.15, -0.1) is 0 Å². The van der Waals surface area contributed by atoms with Gasteiger partial charge in [-0.2, -0.15) is 0 Å². The second kappa shape index (κ2) is 4.91. The summed E-state index contributed by atoms with van der Waals surface area (Å²) >= 11 is 8.66. The van der Waals surface area contributed by atoms with E-state index in [0.29, 0.717) is 0 Å². The molecule has 2 heterocycles. The monoisotopic (exact) mass is 333 g/mol. The van der Waals surface area contributed by atoms with Gasteiger partial charge in [0, 0.05) is 0 Å². The molecule has 94 valence electrons. The Hall–Kier alpha value is -1.67. The first-order valence-corrected chi connectivity index (χ1v) is 5.79. The van der Waals surface area contributed by atoms with Crippen molar-refractivity contribution in [1.82, 2.24) is 9.55 Å². The molecule has 0 aliphatic heterocycles. The second-order valence-electron chi connectivity index (χ2n) is 3.28. The zero-order valence-corrected chi connectivity index (χ0v) is 11.0. The lowest BCUT2D eigenvalue weighted by Gasteiger charge is -2.03. The summed E-state index contributed by atoms with van der Waals surface area (Å²) in [6, 6.07) is 2.64. The molecule has 18 heavy (non-hydrogen) atoms. The van der Waals surface area contributed by atoms with Crippen LogP contribution in [0.3, 0.4) is 0 Å². The third kappa shape index (κ3) is 2.44. The number of hydrogen-bond acceptors (Lipinski definition) is 5. The molecule has 0 unspecified atom stereocenters. The van der Waals surface area contributed by atoms with Gasteiger partial charge in [0.15, 0.2) is 5.15 Å². The topological polar surface area (TPSA) is 91.2 Å². The number of aromatic nitrogens is 2. The van der Waals surface area contributed by atoms with Gasteiger partial charge in [-0.05, 0) is 22.0 Å². The van der Waals surface area contributed by atoms with Crippen LogP contribution in [0.5, 0.6) is 0 Å². The molecular weight excluding hydrogens is 329 g/mol. The fourth-order valence-corrected chi connectivity index (χ4v) is 1.73. The quantitative estimate of drug-likeness (QED) is 0.487. The van der Waals surface area contributed by atoms with Crippen LogP contribution in [-0.2, 0) is 6.54 Å². The van der Waals surface area contributed by atoms with E-state index in [1.165, 1.54) is 23.0 Å². The minimum atomic E-state index is -0.650. The highest BCUT2D eigenvalue weighted by Crippen LogP contribution is 2.17. The van der Waals surface area contributed by atoms with Crippen molar-refractivity contribution in [3.05, 3.63) is 54.3 Å². The third-order valence-corrected chi connectivity index (χ3v) is 3.32. The van der Waals surface area contributed by atoms with Crippen molar-refractivity contribution in [2.24, 2.45) is 0 Å². The normalized spacial score (nSPS) is 10.6. The first-order chi connectivity index (χ1) is 8.49. The van der Waals surface area contributed by atoms with Crippen LogP contribution in [0.15, 0.2) is 32.1 Å². The van der Waals surface area contributed by atoms with E-state index in [0.717, 1.165) is 0 Å². The van der Waals surface area contributed by atoms with Crippen molar-refractivity contribution in [1.29, 1.82) is 0 Å². The molecular formula is C9H5BrClN3O4. The summed E-state index contributed by atoms with van der Waals surface area (Å²) in [4.78, 5) is 25.3. The highest BCUT2D eigenvalue weighted by molar-refractivity contribution is 9.10. The Bertz CT molecular complexity index is 666. The lowest BCUT2D eigenvalue weighted by atomic mass is 10.4. The van der Waals surface area contributed by atoms with Crippen molar-refractivity contribution in [2.45, 2.75) is 6.54 Å². The van der Waals surface area contributed by atoms with Crippen LogP contribution < -0.4 is 5.56 Å². The maximum atomic E-state index is 11.8. The van der Waals surface area contributed by atoms with E-state index >= 15 is 0 Å². The molecule has 0 bridgehead atoms. The van der Waals surface area contributed by atoms with Crippen molar-refractivity contribution >= 4 is 33.4 Å². The number of nitro groups is 1. The van der Waals surface area contributed by atoms with Crippen molar-refractivity contribution in [3.63, 3.8) is 0 Å². The molecule has 0 atom stereocenters. The van der Waals surface area contributed by atoms with Crippen molar-refractivity contribution in [2.75, 3.05) is 0 Å². The van der Waals surface area contributed by atoms with Crippen LogP contribution in [0.25, 0.3) is 0 Å². The van der Waals surface area contributed by atoms with Crippen LogP contribution in [0, 0.1) is 10.1 Å². The summed E-state index contributed by atoms with van der Waals surface area (Å²) in [7, 11) is 0. The van der Waals surface area contributed by atoms with Gasteiger partial charge in [0.2, 0.25) is 0 Å². The highest BCUT2D eigenvalue weighted by Gasteiger charge is 2.13. The van der Waals surface area contributed by atoms with Gasteiger partial charge in [0.1, 0.15) is 15.2 Å². The van der Waals surface area contributed by atoms with Gasteiger partial charge in [-0.3, -0.25) is 19.5 Å². The molecule has 0 spiro atoms. The molecule has 0 saturated heterocycles. The molecule has 2 aromatic rings. The van der Waals surface area contributed by atoms with Crippen molar-refractivity contribution in [3.8, 4) is 0 Å². The zero-order valence-electron chi connectivity index (χ0n) is 8.67. The number of furan rings is 1. The first-order valence-electron chi connectivity index (χ1n) is 4.62. The molecule has 0 amide bonds. The van der Waals surface area contributed by atoms with Gasteiger partial charge < -0.3 is 4.42 Å². The van der Waals surface area contributed by atoms with Crippen LogP contribution in [0.2, 0.25) is 5.15 Å². The van der Waals surface area contributed by atoms with Crippen LogP contribution in [0.1, 0.15) is 5.76 Å². The molecule has 0 radical (unpaired) electrons. The molecule has 0 aliphatic rings. The van der Waals surface area contributed by atoms with E-state index in [2.05, 4.69) is 20.9 Å². The summed E-state index contributed by atoms with van der Waals surface area (Å²) in [5, 5.41) is 10.5. The standard InChI is InChI=1S/C9H5BrClN3O4/c10-7-8(11)12-4-13(9(7)15)3-5-1-2-6(18-5)14(16)17/h1-2,4H,3H2. The van der Waals surface area contributed by atoms with E-state index < -0.39 is 10.5 Å². The van der Waals surface area contributed by atoms with E-state index in [1.54, 1.807) is 0 Å². The van der Waals surface area contributed by atoms with Crippen LogP contribution in [-0.4, -0.2) is 14.5 Å². The van der Waals surface area contributed by atoms with Crippen LogP contribution >= 0.6 is 27.5 Å². The Balaban J connectivity index is 2.31. The fourth-order valence-electron chi connectivity index (χ4n) is 1.27. The Morgan fingerprint density at radius 2 is 2.28 bits per heavy atom. The lowest BCUT2D eigenvalue weighted by molar-refractivity contribution is -0.402. The number of rotatable bonds is 3. The van der Waals surface area contributed by atoms with E-state index in [1.807, 2.05) is 0 Å². The van der Waals surface area contributed by atoms with Gasteiger partial charge in [0.05, 0.1) is 18.9 Å². The van der Waals surface area contributed by atoms with Crippen molar-refractivity contribution < 1.29 is 9.34 Å². The zero-order chi connectivity index (χ0) is 13.3. The SMILES string of the molecule is O=c1c(Br)c(Cl)ncn1Cc1ccc([N+](=O)[O-])o1. The predicted molar refractivity (Wildman–Crippen MR) is 65.7 cm³/mol. The summed E-state index contributed by atoms with van der Waals surface area (Å²) < 4.78 is 6.29. The predicted octanol–water partition coefficient (Wildman–Crippen LogP) is 2.21. The molecule has 0 saturated carbocycles. The molecule has 7 nitrogen and oxygen atoms in total. The third-order valence-electron chi connectivity index (χ3n) is 2.09. The van der Waals surface area contributed by atoms with E-state index in [-0.39, 0.29) is 27.8 Å². The van der Waals surface area contributed by atoms with Crippen LogP contribution in [0.4, 0.5) is 5.88 Å². The average molecular weight is 335 g/mol. The van der Waals surface area contributed by atoms with Gasteiger partial charge in [0.25, 0.3) is 5.56 Å². The average Bonchev–Trinajstić information content (AvgIpc) is 2.79. The molecule has 0 aromatic carbocycles. The molecule has 0 N–H and O–H groups in total. The highest BCUT2D eigenvalue weighted by atomic mass is 79.9. The maximum absolute atomic E-state index is 11.8. The minimum Gasteiger partial charge on any atom is -0.404 e. The smallest absolute Gasteiger partial charge is 0.404 e. The van der Waals surface area contributed by atoms with Gasteiger partial charge in [-0.1, -0.05) is 11.6 Å². The lowest BCUT2D eigenvalue weighted by Crippen LogP contribution is -2.21. The Labute approximate surface area is 113 Å². The first kappa shape index (κ1) is 12.8. The van der Waals surface area contributed by atoms with E-state index in [9.17, 15) is 14.9 Å². The summed E-state index contributed by atoms with van der Waals surface area (Å²) in [6.07, 6.45) is 1.24. The summed E-state index contributed by atoms with van der Waals surface area (Å²) in [5.41, 5.74) is -0.394. The minimum absolute atomic E-state index is 0.0371. The largest absolute Gasteiger partial charge is 0.433 e. The Morgan fingerprint density at radius 3 is 2.89 bits per heavy atom. The molecule has 0 aliphatic carbocycles. The summed E-state index contributed by atoms with van der Waals surface area (Å²) in [6.45, 7) is 0.0371. The number of halogens is 2. The van der Waals surface area contributed by atoms with Gasteiger partial charge >= 0.3 is 5.88 Å². The molecule has 0 fully saturated rings. The second-order valence-corrected chi connectivity index (χ2v) is 4.43. The molecule has 9 heteroatoms. The molecule has 2 aromatic heterocycles. The molecule has 2 rings (SSSR count). The maximum Gasteiger partial charge on any atom is 0.433 e. The Morgan fingerprint density at radius 1 is 1.56 bits per heavy atom. The number of nitrogens with zero attached hydrogens (tertiary/aromatic N) is 3. The van der Waals surface area contributed by atoms with E-state index in [4.69, 9.17) is 16.0 Å². The summed E-state index contributed by atoms with van der Waals surface area (Å²) in [5.74, 6) is -0.0983. The Kier molecular flexibility index (Phi) is 3.48. The number of hydrogen-bond donors (Lipinski definition) is 0.